The number of benzene rings is 1. The highest BCUT2D eigenvalue weighted by atomic mass is 16.4. The summed E-state index contributed by atoms with van der Waals surface area (Å²) in [5, 5.41) is 9.81. The van der Waals surface area contributed by atoms with E-state index in [0.29, 0.717) is 6.42 Å². The van der Waals surface area contributed by atoms with Gasteiger partial charge in [-0.3, -0.25) is 9.78 Å². The Kier molecular flexibility index (Phi) is 3.55. The number of hydrogen-bond donors (Lipinski definition) is 1. The van der Waals surface area contributed by atoms with Gasteiger partial charge >= 0.3 is 5.97 Å². The van der Waals surface area contributed by atoms with E-state index in [1.807, 2.05) is 30.3 Å². The van der Waals surface area contributed by atoms with E-state index in [-0.39, 0.29) is 6.42 Å². The number of aliphatic carboxylic acids is 1. The summed E-state index contributed by atoms with van der Waals surface area (Å²) in [6, 6.07) is 9.54. The first-order valence-corrected chi connectivity index (χ1v) is 6.60. The molecule has 0 aliphatic rings. The molecule has 0 unspecified atom stereocenters. The molecule has 0 aliphatic heterocycles. The van der Waals surface area contributed by atoms with Gasteiger partial charge in [0.1, 0.15) is 6.33 Å². The van der Waals surface area contributed by atoms with Crippen LogP contribution in [0.25, 0.3) is 22.2 Å². The van der Waals surface area contributed by atoms with Crippen LogP contribution in [-0.4, -0.2) is 26.0 Å². The summed E-state index contributed by atoms with van der Waals surface area (Å²) in [7, 11) is 0. The zero-order valence-corrected chi connectivity index (χ0v) is 11.2. The van der Waals surface area contributed by atoms with Gasteiger partial charge in [0.25, 0.3) is 0 Å². The van der Waals surface area contributed by atoms with Gasteiger partial charge in [-0.2, -0.15) is 0 Å². The van der Waals surface area contributed by atoms with Crippen LogP contribution in [0.2, 0.25) is 0 Å². The topological polar surface area (TPSA) is 76.0 Å². The summed E-state index contributed by atoms with van der Waals surface area (Å²) < 4.78 is 0. The third-order valence-electron chi connectivity index (χ3n) is 3.33. The lowest BCUT2D eigenvalue weighted by Crippen LogP contribution is -1.99. The monoisotopic (exact) mass is 279 g/mol. The summed E-state index contributed by atoms with van der Waals surface area (Å²) >= 11 is 0. The quantitative estimate of drug-likeness (QED) is 0.794. The van der Waals surface area contributed by atoms with Gasteiger partial charge in [0.05, 0.1) is 11.2 Å². The second-order valence-electron chi connectivity index (χ2n) is 4.66. The fourth-order valence-corrected chi connectivity index (χ4v) is 2.35. The van der Waals surface area contributed by atoms with Crippen LogP contribution in [0.3, 0.4) is 0 Å². The van der Waals surface area contributed by atoms with E-state index in [0.717, 1.165) is 27.7 Å². The van der Waals surface area contributed by atoms with Crippen molar-refractivity contribution in [3.63, 3.8) is 0 Å². The van der Waals surface area contributed by atoms with Crippen LogP contribution in [0.1, 0.15) is 12.0 Å². The highest BCUT2D eigenvalue weighted by molar-refractivity contribution is 5.94. The number of nitrogens with zero attached hydrogens (tertiary/aromatic N) is 3. The zero-order chi connectivity index (χ0) is 14.7. The molecule has 0 spiro atoms. The van der Waals surface area contributed by atoms with Gasteiger partial charge in [-0.05, 0) is 24.1 Å². The lowest BCUT2D eigenvalue weighted by Gasteiger charge is -2.09. The standard InChI is InChI=1S/C16H13N3O2/c20-15(21)6-4-11-3-5-13(14-7-9-17-10-19-14)16-12(11)2-1-8-18-16/h1-3,5,7-10H,4,6H2,(H,20,21). The first kappa shape index (κ1) is 13.2. The second-order valence-corrected chi connectivity index (χ2v) is 4.66. The maximum Gasteiger partial charge on any atom is 0.303 e. The van der Waals surface area contributed by atoms with Crippen LogP contribution >= 0.6 is 0 Å². The number of carbonyl (C=O) groups is 1. The summed E-state index contributed by atoms with van der Waals surface area (Å²) in [5.41, 5.74) is 3.54. The van der Waals surface area contributed by atoms with Crippen molar-refractivity contribution in [1.82, 2.24) is 15.0 Å². The number of carboxylic acid groups (broad SMARTS) is 1. The summed E-state index contributed by atoms with van der Waals surface area (Å²) in [6.07, 6.45) is 5.52. The van der Waals surface area contributed by atoms with Crippen molar-refractivity contribution in [1.29, 1.82) is 0 Å². The summed E-state index contributed by atoms with van der Waals surface area (Å²) in [4.78, 5) is 23.4. The smallest absolute Gasteiger partial charge is 0.303 e. The molecule has 0 radical (unpaired) electrons. The molecule has 0 saturated heterocycles. The first-order chi connectivity index (χ1) is 10.3. The first-order valence-electron chi connectivity index (χ1n) is 6.60. The molecular formula is C16H13N3O2. The SMILES string of the molecule is O=C(O)CCc1ccc(-c2ccncn2)c2ncccc12. The summed E-state index contributed by atoms with van der Waals surface area (Å²) in [6.45, 7) is 0. The Balaban J connectivity index is 2.13. The molecule has 0 amide bonds. The van der Waals surface area contributed by atoms with Crippen molar-refractivity contribution < 1.29 is 9.90 Å². The predicted molar refractivity (Wildman–Crippen MR) is 78.7 cm³/mol. The third kappa shape index (κ3) is 2.72. The Bertz CT molecular complexity index is 788. The highest BCUT2D eigenvalue weighted by Gasteiger charge is 2.10. The average Bonchev–Trinajstić information content (AvgIpc) is 2.53. The van der Waals surface area contributed by atoms with Crippen molar-refractivity contribution in [2.24, 2.45) is 0 Å². The van der Waals surface area contributed by atoms with Crippen LogP contribution < -0.4 is 0 Å². The number of fused-ring (bicyclic) bond motifs is 1. The van der Waals surface area contributed by atoms with Gasteiger partial charge in [0.2, 0.25) is 0 Å². The van der Waals surface area contributed by atoms with Crippen molar-refractivity contribution in [3.8, 4) is 11.3 Å². The molecule has 1 aromatic carbocycles. The third-order valence-corrected chi connectivity index (χ3v) is 3.33. The molecule has 2 heterocycles. The minimum atomic E-state index is -0.799. The van der Waals surface area contributed by atoms with Gasteiger partial charge in [-0.25, -0.2) is 9.97 Å². The van der Waals surface area contributed by atoms with Crippen LogP contribution in [0.15, 0.2) is 49.1 Å². The summed E-state index contributed by atoms with van der Waals surface area (Å²) in [5.74, 6) is -0.799. The fourth-order valence-electron chi connectivity index (χ4n) is 2.35. The number of carboxylic acids is 1. The maximum atomic E-state index is 10.8. The average molecular weight is 279 g/mol. The van der Waals surface area contributed by atoms with Crippen LogP contribution in [-0.2, 0) is 11.2 Å². The minimum Gasteiger partial charge on any atom is -0.481 e. The fraction of sp³-hybridized carbons (Fsp3) is 0.125. The molecule has 0 atom stereocenters. The molecule has 0 bridgehead atoms. The van der Waals surface area contributed by atoms with Crippen molar-refractivity contribution in [2.45, 2.75) is 12.8 Å². The lowest BCUT2D eigenvalue weighted by atomic mass is 9.99. The van der Waals surface area contributed by atoms with Gasteiger partial charge < -0.3 is 5.11 Å². The Morgan fingerprint density at radius 3 is 2.76 bits per heavy atom. The Hall–Kier alpha value is -2.82. The molecule has 0 fully saturated rings. The highest BCUT2D eigenvalue weighted by Crippen LogP contribution is 2.28. The molecule has 1 N–H and O–H groups in total. The number of aromatic nitrogens is 3. The van der Waals surface area contributed by atoms with Gasteiger partial charge in [-0.15, -0.1) is 0 Å². The van der Waals surface area contributed by atoms with E-state index in [2.05, 4.69) is 15.0 Å². The van der Waals surface area contributed by atoms with Gasteiger partial charge in [0.15, 0.2) is 0 Å². The van der Waals surface area contributed by atoms with E-state index in [4.69, 9.17) is 5.11 Å². The normalized spacial score (nSPS) is 10.7. The van der Waals surface area contributed by atoms with Crippen molar-refractivity contribution in [2.75, 3.05) is 0 Å². The van der Waals surface area contributed by atoms with Gasteiger partial charge in [-0.1, -0.05) is 18.2 Å². The van der Waals surface area contributed by atoms with Crippen LogP contribution in [0, 0.1) is 0 Å². The van der Waals surface area contributed by atoms with E-state index in [1.54, 1.807) is 12.4 Å². The molecule has 0 saturated carbocycles. The Morgan fingerprint density at radius 2 is 2.00 bits per heavy atom. The molecule has 0 aliphatic carbocycles. The van der Waals surface area contributed by atoms with Crippen molar-refractivity contribution >= 4 is 16.9 Å². The number of aryl methyl sites for hydroxylation is 1. The predicted octanol–water partition coefficient (Wildman–Crippen LogP) is 2.71. The minimum absolute atomic E-state index is 0.108. The van der Waals surface area contributed by atoms with E-state index in [9.17, 15) is 4.79 Å². The molecule has 5 nitrogen and oxygen atoms in total. The molecule has 5 heteroatoms. The number of hydrogen-bond acceptors (Lipinski definition) is 4. The maximum absolute atomic E-state index is 10.8. The number of rotatable bonds is 4. The number of pyridine rings is 1. The zero-order valence-electron chi connectivity index (χ0n) is 11.2. The molecule has 104 valence electrons. The Morgan fingerprint density at radius 1 is 1.10 bits per heavy atom. The van der Waals surface area contributed by atoms with E-state index >= 15 is 0 Å². The molecular weight excluding hydrogens is 266 g/mol. The van der Waals surface area contributed by atoms with Crippen LogP contribution in [0.4, 0.5) is 0 Å². The molecule has 3 rings (SSSR count). The van der Waals surface area contributed by atoms with Crippen molar-refractivity contribution in [3.05, 3.63) is 54.6 Å². The second kappa shape index (κ2) is 5.66. The van der Waals surface area contributed by atoms with Gasteiger partial charge in [0, 0.05) is 29.8 Å². The molecule has 3 aromatic rings. The van der Waals surface area contributed by atoms with E-state index in [1.165, 1.54) is 6.33 Å². The Labute approximate surface area is 121 Å². The molecule has 2 aromatic heterocycles. The molecule has 21 heavy (non-hydrogen) atoms. The van der Waals surface area contributed by atoms with Crippen LogP contribution in [0.5, 0.6) is 0 Å². The largest absolute Gasteiger partial charge is 0.481 e. The lowest BCUT2D eigenvalue weighted by molar-refractivity contribution is -0.136. The van der Waals surface area contributed by atoms with E-state index < -0.39 is 5.97 Å².